The number of halogens is 3. The minimum Gasteiger partial charge on any atom is -0.478 e. The van der Waals surface area contributed by atoms with Crippen LogP contribution in [0.3, 0.4) is 0 Å². The van der Waals surface area contributed by atoms with Crippen LogP contribution in [-0.2, 0) is 11.0 Å². The molecule has 0 atom stereocenters. The molecule has 0 radical (unpaired) electrons. The van der Waals surface area contributed by atoms with Crippen molar-refractivity contribution in [1.29, 1.82) is 0 Å². The number of aliphatic carboxylic acids is 1. The summed E-state index contributed by atoms with van der Waals surface area (Å²) >= 11 is 0. The van der Waals surface area contributed by atoms with Crippen molar-refractivity contribution in [2.24, 2.45) is 0 Å². The van der Waals surface area contributed by atoms with Gasteiger partial charge in [-0.15, -0.1) is 0 Å². The number of alkyl halides is 3. The highest BCUT2D eigenvalue weighted by molar-refractivity contribution is 5.85. The van der Waals surface area contributed by atoms with E-state index in [1.54, 1.807) is 13.1 Å². The van der Waals surface area contributed by atoms with Crippen LogP contribution in [0.25, 0.3) is 11.8 Å². The third-order valence-corrected chi connectivity index (χ3v) is 2.72. The largest absolute Gasteiger partial charge is 0.478 e. The second-order valence-corrected chi connectivity index (χ2v) is 4.40. The molecule has 0 amide bonds. The molecule has 1 heterocycles. The first-order valence-electron chi connectivity index (χ1n) is 5.91. The molecule has 0 bridgehead atoms. The maximum Gasteiger partial charge on any atom is 0.417 e. The van der Waals surface area contributed by atoms with E-state index in [2.05, 4.69) is 5.10 Å². The number of aryl methyl sites for hydroxylation is 1. The highest BCUT2D eigenvalue weighted by Gasteiger charge is 2.33. The maximum absolute atomic E-state index is 13.1. The van der Waals surface area contributed by atoms with Gasteiger partial charge in [0.1, 0.15) is 0 Å². The summed E-state index contributed by atoms with van der Waals surface area (Å²) in [6.45, 7) is 1.78. The molecule has 0 aliphatic rings. The zero-order valence-corrected chi connectivity index (χ0v) is 10.9. The SMILES string of the molecule is Cc1cnn(-c2ccc(/C=C/C(=O)O)c(C(F)(F)F)c2)c1. The van der Waals surface area contributed by atoms with Gasteiger partial charge in [0.2, 0.25) is 0 Å². The number of carbonyl (C=O) groups is 1. The fourth-order valence-corrected chi connectivity index (χ4v) is 1.79. The van der Waals surface area contributed by atoms with E-state index >= 15 is 0 Å². The minimum atomic E-state index is -4.59. The van der Waals surface area contributed by atoms with E-state index in [9.17, 15) is 18.0 Å². The number of benzene rings is 1. The normalized spacial score (nSPS) is 12.0. The predicted molar refractivity (Wildman–Crippen MR) is 70.0 cm³/mol. The molecule has 0 spiro atoms. The summed E-state index contributed by atoms with van der Waals surface area (Å²) in [7, 11) is 0. The molecule has 0 fully saturated rings. The van der Waals surface area contributed by atoms with Gasteiger partial charge in [-0.05, 0) is 36.3 Å². The first kappa shape index (κ1) is 14.8. The van der Waals surface area contributed by atoms with Crippen LogP contribution in [0.5, 0.6) is 0 Å². The fourth-order valence-electron chi connectivity index (χ4n) is 1.79. The lowest BCUT2D eigenvalue weighted by Gasteiger charge is -2.12. The van der Waals surface area contributed by atoms with Gasteiger partial charge < -0.3 is 5.11 Å². The van der Waals surface area contributed by atoms with E-state index in [4.69, 9.17) is 5.11 Å². The third-order valence-electron chi connectivity index (χ3n) is 2.72. The topological polar surface area (TPSA) is 55.1 Å². The molecule has 4 nitrogen and oxygen atoms in total. The van der Waals surface area contributed by atoms with E-state index in [1.165, 1.54) is 23.0 Å². The lowest BCUT2D eigenvalue weighted by atomic mass is 10.1. The van der Waals surface area contributed by atoms with Crippen LogP contribution >= 0.6 is 0 Å². The van der Waals surface area contributed by atoms with Crippen molar-refractivity contribution in [2.45, 2.75) is 13.1 Å². The average molecular weight is 296 g/mol. The second-order valence-electron chi connectivity index (χ2n) is 4.40. The van der Waals surface area contributed by atoms with Crippen molar-refractivity contribution >= 4 is 12.0 Å². The van der Waals surface area contributed by atoms with E-state index in [1.807, 2.05) is 0 Å². The zero-order valence-electron chi connectivity index (χ0n) is 10.9. The summed E-state index contributed by atoms with van der Waals surface area (Å²) in [6.07, 6.45) is 0.135. The zero-order chi connectivity index (χ0) is 15.6. The molecule has 0 aliphatic heterocycles. The first-order valence-corrected chi connectivity index (χ1v) is 5.91. The van der Waals surface area contributed by atoms with E-state index in [-0.39, 0.29) is 11.3 Å². The molecule has 2 rings (SSSR count). The molecule has 21 heavy (non-hydrogen) atoms. The van der Waals surface area contributed by atoms with Crippen LogP contribution in [0.4, 0.5) is 13.2 Å². The van der Waals surface area contributed by atoms with Gasteiger partial charge in [-0.1, -0.05) is 6.07 Å². The molecule has 110 valence electrons. The lowest BCUT2D eigenvalue weighted by molar-refractivity contribution is -0.138. The molecule has 0 unspecified atom stereocenters. The summed E-state index contributed by atoms with van der Waals surface area (Å²) in [5.41, 5.74) is -0.0514. The van der Waals surface area contributed by atoms with Gasteiger partial charge in [0.15, 0.2) is 0 Å². The number of hydrogen-bond donors (Lipinski definition) is 1. The maximum atomic E-state index is 13.1. The molecular formula is C14H11F3N2O2. The number of rotatable bonds is 3. The van der Waals surface area contributed by atoms with Gasteiger partial charge in [-0.3, -0.25) is 0 Å². The Morgan fingerprint density at radius 3 is 2.62 bits per heavy atom. The Labute approximate surface area is 118 Å². The monoisotopic (exact) mass is 296 g/mol. The number of hydrogen-bond acceptors (Lipinski definition) is 2. The number of aromatic nitrogens is 2. The Morgan fingerprint density at radius 1 is 1.38 bits per heavy atom. The Balaban J connectivity index is 2.52. The fraction of sp³-hybridized carbons (Fsp3) is 0.143. The van der Waals surface area contributed by atoms with E-state index in [0.29, 0.717) is 6.08 Å². The summed E-state index contributed by atoms with van der Waals surface area (Å²) in [6, 6.07) is 3.60. The Morgan fingerprint density at radius 2 is 2.10 bits per heavy atom. The number of carboxylic acid groups (broad SMARTS) is 1. The molecule has 0 aliphatic carbocycles. The van der Waals surface area contributed by atoms with Gasteiger partial charge in [0.05, 0.1) is 17.4 Å². The Kier molecular flexibility index (Phi) is 3.84. The molecule has 7 heteroatoms. The minimum absolute atomic E-state index is 0.211. The van der Waals surface area contributed by atoms with Crippen molar-refractivity contribution < 1.29 is 23.1 Å². The van der Waals surface area contributed by atoms with Crippen molar-refractivity contribution in [3.63, 3.8) is 0 Å². The van der Waals surface area contributed by atoms with Crippen LogP contribution in [0.2, 0.25) is 0 Å². The first-order chi connectivity index (χ1) is 9.77. The summed E-state index contributed by atoms with van der Waals surface area (Å²) in [5.74, 6) is -1.31. The molecule has 0 saturated carbocycles. The van der Waals surface area contributed by atoms with Gasteiger partial charge in [0, 0.05) is 12.3 Å². The van der Waals surface area contributed by atoms with Crippen LogP contribution < -0.4 is 0 Å². The van der Waals surface area contributed by atoms with E-state index < -0.39 is 17.7 Å². The van der Waals surface area contributed by atoms with Crippen molar-refractivity contribution in [3.8, 4) is 5.69 Å². The molecule has 0 saturated heterocycles. The van der Waals surface area contributed by atoms with Crippen LogP contribution in [-0.4, -0.2) is 20.9 Å². The van der Waals surface area contributed by atoms with Gasteiger partial charge in [-0.25, -0.2) is 9.48 Å². The van der Waals surface area contributed by atoms with Gasteiger partial charge in [-0.2, -0.15) is 18.3 Å². The average Bonchev–Trinajstić information content (AvgIpc) is 2.81. The van der Waals surface area contributed by atoms with Gasteiger partial charge >= 0.3 is 12.1 Å². The van der Waals surface area contributed by atoms with Crippen LogP contribution in [0.1, 0.15) is 16.7 Å². The predicted octanol–water partition coefficient (Wildman–Crippen LogP) is 3.30. The molecule has 1 N–H and O–H groups in total. The van der Waals surface area contributed by atoms with Crippen LogP contribution in [0, 0.1) is 6.92 Å². The van der Waals surface area contributed by atoms with Crippen LogP contribution in [0.15, 0.2) is 36.7 Å². The summed E-state index contributed by atoms with van der Waals surface area (Å²) in [4.78, 5) is 10.4. The Bertz CT molecular complexity index is 702. The number of nitrogens with zero attached hydrogens (tertiary/aromatic N) is 2. The number of carboxylic acids is 1. The summed E-state index contributed by atoms with van der Waals surface area (Å²) < 4.78 is 40.5. The Hall–Kier alpha value is -2.57. The molecule has 2 aromatic rings. The second kappa shape index (κ2) is 5.43. The highest BCUT2D eigenvalue weighted by atomic mass is 19.4. The third kappa shape index (κ3) is 3.50. The lowest BCUT2D eigenvalue weighted by Crippen LogP contribution is -2.09. The van der Waals surface area contributed by atoms with Crippen molar-refractivity contribution in [3.05, 3.63) is 53.4 Å². The van der Waals surface area contributed by atoms with Gasteiger partial charge in [0.25, 0.3) is 0 Å². The van der Waals surface area contributed by atoms with Crippen molar-refractivity contribution in [2.75, 3.05) is 0 Å². The highest BCUT2D eigenvalue weighted by Crippen LogP contribution is 2.34. The molecule has 1 aromatic heterocycles. The standard InChI is InChI=1S/C14H11F3N2O2/c1-9-7-18-19(8-9)11-4-2-10(3-5-13(20)21)12(6-11)14(15,16)17/h2-8H,1H3,(H,20,21)/b5-3+. The summed E-state index contributed by atoms with van der Waals surface area (Å²) in [5, 5.41) is 12.5. The van der Waals surface area contributed by atoms with Crippen molar-refractivity contribution in [1.82, 2.24) is 9.78 Å². The molecule has 1 aromatic carbocycles. The molecular weight excluding hydrogens is 285 g/mol. The smallest absolute Gasteiger partial charge is 0.417 e. The quantitative estimate of drug-likeness (QED) is 0.884. The van der Waals surface area contributed by atoms with E-state index in [0.717, 1.165) is 17.7 Å².